The molecule has 19 heavy (non-hydrogen) atoms. The maximum absolute atomic E-state index is 14.1. The van der Waals surface area contributed by atoms with E-state index in [9.17, 15) is 4.39 Å². The Hall–Kier alpha value is -1.39. The van der Waals surface area contributed by atoms with Gasteiger partial charge < -0.3 is 5.32 Å². The van der Waals surface area contributed by atoms with Crippen LogP contribution in [0.4, 0.5) is 4.39 Å². The average Bonchev–Trinajstić information content (AvgIpc) is 2.92. The quantitative estimate of drug-likeness (QED) is 0.915. The highest BCUT2D eigenvalue weighted by Gasteiger charge is 2.21. The molecule has 0 unspecified atom stereocenters. The Morgan fingerprint density at radius 1 is 1.26 bits per heavy atom. The summed E-state index contributed by atoms with van der Waals surface area (Å²) in [5.74, 6) is 0.00480. The van der Waals surface area contributed by atoms with Crippen molar-refractivity contribution >= 4 is 11.6 Å². The van der Waals surface area contributed by atoms with Crippen LogP contribution in [0.25, 0.3) is 5.69 Å². The predicted octanol–water partition coefficient (Wildman–Crippen LogP) is 3.13. The fourth-order valence-corrected chi connectivity index (χ4v) is 2.77. The summed E-state index contributed by atoms with van der Waals surface area (Å²) in [4.78, 5) is 0. The van der Waals surface area contributed by atoms with Gasteiger partial charge in [0.15, 0.2) is 5.82 Å². The highest BCUT2D eigenvalue weighted by atomic mass is 35.5. The van der Waals surface area contributed by atoms with Crippen molar-refractivity contribution in [2.24, 2.45) is 0 Å². The van der Waals surface area contributed by atoms with Crippen LogP contribution in [0.1, 0.15) is 24.5 Å². The molecule has 1 saturated heterocycles. The second-order valence-electron chi connectivity index (χ2n) is 4.77. The van der Waals surface area contributed by atoms with E-state index in [-0.39, 0.29) is 5.02 Å². The fraction of sp³-hybridized carbons (Fsp3) is 0.357. The third-order valence-electron chi connectivity index (χ3n) is 3.59. The lowest BCUT2D eigenvalue weighted by Gasteiger charge is -2.23. The predicted molar refractivity (Wildman–Crippen MR) is 73.4 cm³/mol. The SMILES string of the molecule is Fc1c(Cl)cccc1-n1nccc1C1CCNCC1. The molecule has 2 aromatic rings. The Bertz CT molecular complexity index is 576. The van der Waals surface area contributed by atoms with Crippen molar-refractivity contribution in [1.29, 1.82) is 0 Å². The topological polar surface area (TPSA) is 29.9 Å². The summed E-state index contributed by atoms with van der Waals surface area (Å²) in [6.07, 6.45) is 3.82. The molecule has 0 saturated carbocycles. The molecule has 1 N–H and O–H groups in total. The number of hydrogen-bond acceptors (Lipinski definition) is 2. The summed E-state index contributed by atoms with van der Waals surface area (Å²) in [5, 5.41) is 7.72. The molecule has 0 radical (unpaired) electrons. The van der Waals surface area contributed by atoms with Crippen LogP contribution >= 0.6 is 11.6 Å². The Balaban J connectivity index is 2.01. The van der Waals surface area contributed by atoms with Crippen LogP contribution in [-0.2, 0) is 0 Å². The van der Waals surface area contributed by atoms with Crippen molar-refractivity contribution in [3.05, 3.63) is 47.0 Å². The Morgan fingerprint density at radius 3 is 2.84 bits per heavy atom. The van der Waals surface area contributed by atoms with Gasteiger partial charge in [0.25, 0.3) is 0 Å². The number of nitrogens with one attached hydrogen (secondary N) is 1. The third kappa shape index (κ3) is 2.38. The van der Waals surface area contributed by atoms with Gasteiger partial charge in [0.2, 0.25) is 0 Å². The molecule has 0 aliphatic carbocycles. The lowest BCUT2D eigenvalue weighted by Crippen LogP contribution is -2.27. The van der Waals surface area contributed by atoms with Crippen molar-refractivity contribution in [3.8, 4) is 5.69 Å². The summed E-state index contributed by atoms with van der Waals surface area (Å²) in [6, 6.07) is 6.97. The minimum Gasteiger partial charge on any atom is -0.317 e. The average molecular weight is 280 g/mol. The molecule has 1 fully saturated rings. The number of nitrogens with zero attached hydrogens (tertiary/aromatic N) is 2. The van der Waals surface area contributed by atoms with Crippen molar-refractivity contribution in [2.45, 2.75) is 18.8 Å². The molecule has 0 amide bonds. The minimum absolute atomic E-state index is 0.129. The minimum atomic E-state index is -0.414. The molecule has 5 heteroatoms. The van der Waals surface area contributed by atoms with E-state index < -0.39 is 5.82 Å². The first-order valence-corrected chi connectivity index (χ1v) is 6.84. The number of aromatic nitrogens is 2. The maximum Gasteiger partial charge on any atom is 0.167 e. The summed E-state index contributed by atoms with van der Waals surface area (Å²) in [5.41, 5.74) is 1.48. The summed E-state index contributed by atoms with van der Waals surface area (Å²) in [7, 11) is 0. The Morgan fingerprint density at radius 2 is 2.05 bits per heavy atom. The van der Waals surface area contributed by atoms with Gasteiger partial charge in [-0.25, -0.2) is 9.07 Å². The summed E-state index contributed by atoms with van der Waals surface area (Å²) in [6.45, 7) is 1.99. The molecule has 0 spiro atoms. The Kier molecular flexibility index (Phi) is 3.53. The molecule has 1 aliphatic rings. The molecule has 3 rings (SSSR count). The Labute approximate surface area is 116 Å². The van der Waals surface area contributed by atoms with E-state index in [1.54, 1.807) is 29.1 Å². The first-order chi connectivity index (χ1) is 9.27. The van der Waals surface area contributed by atoms with Crippen molar-refractivity contribution < 1.29 is 4.39 Å². The first kappa shape index (κ1) is 12.6. The molecule has 0 atom stereocenters. The monoisotopic (exact) mass is 279 g/mol. The lowest BCUT2D eigenvalue weighted by atomic mass is 9.94. The van der Waals surface area contributed by atoms with E-state index in [2.05, 4.69) is 10.4 Å². The molecular formula is C14H15ClFN3. The van der Waals surface area contributed by atoms with Gasteiger partial charge in [-0.15, -0.1) is 0 Å². The zero-order valence-corrected chi connectivity index (χ0v) is 11.2. The van der Waals surface area contributed by atoms with Gasteiger partial charge in [-0.1, -0.05) is 17.7 Å². The van der Waals surface area contributed by atoms with Gasteiger partial charge in [0, 0.05) is 17.8 Å². The van der Waals surface area contributed by atoms with E-state index >= 15 is 0 Å². The highest BCUT2D eigenvalue weighted by Crippen LogP contribution is 2.29. The zero-order chi connectivity index (χ0) is 13.2. The molecule has 3 nitrogen and oxygen atoms in total. The van der Waals surface area contributed by atoms with Gasteiger partial charge in [-0.2, -0.15) is 5.10 Å². The molecule has 1 aromatic carbocycles. The highest BCUT2D eigenvalue weighted by molar-refractivity contribution is 6.30. The molecule has 2 heterocycles. The number of hydrogen-bond donors (Lipinski definition) is 1. The maximum atomic E-state index is 14.1. The molecule has 0 bridgehead atoms. The summed E-state index contributed by atoms with van der Waals surface area (Å²) >= 11 is 5.84. The van der Waals surface area contributed by atoms with Crippen LogP contribution < -0.4 is 5.32 Å². The van der Waals surface area contributed by atoms with Gasteiger partial charge >= 0.3 is 0 Å². The van der Waals surface area contributed by atoms with E-state index in [4.69, 9.17) is 11.6 Å². The second kappa shape index (κ2) is 5.31. The fourth-order valence-electron chi connectivity index (χ4n) is 2.60. The van der Waals surface area contributed by atoms with Crippen molar-refractivity contribution in [1.82, 2.24) is 15.1 Å². The molecule has 1 aromatic heterocycles. The van der Waals surface area contributed by atoms with Gasteiger partial charge in [-0.3, -0.25) is 0 Å². The lowest BCUT2D eigenvalue weighted by molar-refractivity contribution is 0.444. The van der Waals surface area contributed by atoms with E-state index in [0.717, 1.165) is 31.6 Å². The van der Waals surface area contributed by atoms with Crippen LogP contribution in [0.2, 0.25) is 5.02 Å². The number of piperidine rings is 1. The van der Waals surface area contributed by atoms with E-state index in [1.165, 1.54) is 0 Å². The molecular weight excluding hydrogens is 265 g/mol. The standard InChI is InChI=1S/C14H15ClFN3/c15-11-2-1-3-13(14(11)16)19-12(6-9-18-19)10-4-7-17-8-5-10/h1-3,6,9-10,17H,4-5,7-8H2. The van der Waals surface area contributed by atoms with Crippen molar-refractivity contribution in [2.75, 3.05) is 13.1 Å². The van der Waals surface area contributed by atoms with Gasteiger partial charge in [0.1, 0.15) is 5.69 Å². The van der Waals surface area contributed by atoms with Crippen LogP contribution in [0, 0.1) is 5.82 Å². The summed E-state index contributed by atoms with van der Waals surface area (Å²) < 4.78 is 15.8. The number of benzene rings is 1. The van der Waals surface area contributed by atoms with Crippen LogP contribution in [0.3, 0.4) is 0 Å². The van der Waals surface area contributed by atoms with Crippen molar-refractivity contribution in [3.63, 3.8) is 0 Å². The van der Waals surface area contributed by atoms with Crippen LogP contribution in [-0.4, -0.2) is 22.9 Å². The zero-order valence-electron chi connectivity index (χ0n) is 10.4. The van der Waals surface area contributed by atoms with Gasteiger partial charge in [-0.05, 0) is 44.1 Å². The number of rotatable bonds is 2. The second-order valence-corrected chi connectivity index (χ2v) is 5.17. The van der Waals surface area contributed by atoms with E-state index in [0.29, 0.717) is 11.6 Å². The number of halogens is 2. The smallest absolute Gasteiger partial charge is 0.167 e. The van der Waals surface area contributed by atoms with Gasteiger partial charge in [0.05, 0.1) is 5.02 Å². The normalized spacial score (nSPS) is 16.7. The largest absolute Gasteiger partial charge is 0.317 e. The third-order valence-corrected chi connectivity index (χ3v) is 3.88. The van der Waals surface area contributed by atoms with E-state index in [1.807, 2.05) is 6.07 Å². The first-order valence-electron chi connectivity index (χ1n) is 6.46. The van der Waals surface area contributed by atoms with Crippen LogP contribution in [0.15, 0.2) is 30.5 Å². The molecule has 1 aliphatic heterocycles. The molecule has 100 valence electrons. The van der Waals surface area contributed by atoms with Crippen LogP contribution in [0.5, 0.6) is 0 Å².